The van der Waals surface area contributed by atoms with Crippen LogP contribution >= 0.6 is 0 Å². The molecule has 5 rings (SSSR count). The van der Waals surface area contributed by atoms with Crippen LogP contribution in [0.15, 0.2) is 24.3 Å². The Balaban J connectivity index is 1.96. The van der Waals surface area contributed by atoms with Gasteiger partial charge in [-0.25, -0.2) is 109 Å². The third-order valence-electron chi connectivity index (χ3n) is 13.1. The van der Waals surface area contributed by atoms with Gasteiger partial charge < -0.3 is 97.1 Å². The highest BCUT2D eigenvalue weighted by molar-refractivity contribution is 7.83. The molecule has 0 N–H and O–H groups in total. The third-order valence-corrected chi connectivity index (χ3v) is 18.9. The predicted octanol–water partition coefficient (Wildman–Crippen LogP) is -12.9. The van der Waals surface area contributed by atoms with Crippen LogP contribution in [0.2, 0.25) is 0 Å². The molecule has 0 saturated carbocycles. The minimum atomic E-state index is -7.21. The maximum absolute atomic E-state index is 13.0. The standard InChI is InChI=1S/C35H56O60S13/c1-2-3-4-14-5-7-15(8-6-14)9-75-32-28(26(91-104(60,61)62)22(89-102(54,55)56)18(80-32)12-78-98(42,43)44)86-34-30(94-107(69,70)71)25(21(88-101(51,52)53)17(82-34)11-77-97(39,40)41)84-33-29(93-106(66,67)68)24(20(87-100(48,49)50)16(81-33)10-76-96(36,37)38)85-35-31(95-108(72,73)74)27(92-105(63,64)65)23(90-103(57,58)59)19(83-35)13-79-99(45,46)47/h5-8,16-35H,2-4,9-13H2,1H3,(H,36,37,38)(H,39,40,41)(H,42,43,44)(H,45,46,47)(H,48,49,50)(H,51,52,53)(H,54,55,56)(H,57,58,59)(H,60,61,62)(H,63,64,65)(H,66,67,68)(H,69,70,71)(H,72,73,74)/p-13/t16-,17-,18-,19-,20-,21-,22-,23-,24+,25+,26+,27+,28+,29+,30+,31+,32+,33-,34-,35-/m1/s1. The lowest BCUT2D eigenvalue weighted by Crippen LogP contribution is -2.70. The van der Waals surface area contributed by atoms with Gasteiger partial charge in [0, 0.05) is 0 Å². The Bertz CT molecular complexity index is 4820. The van der Waals surface area contributed by atoms with Crippen LogP contribution in [0.4, 0.5) is 0 Å². The second-order valence-electron chi connectivity index (χ2n) is 20.7. The van der Waals surface area contributed by atoms with Crippen molar-refractivity contribution in [2.75, 3.05) is 26.4 Å². The van der Waals surface area contributed by atoms with Gasteiger partial charge in [0.15, 0.2) is 43.5 Å². The first-order valence-corrected chi connectivity index (χ1v) is 44.3. The van der Waals surface area contributed by atoms with E-state index in [1.54, 1.807) is 6.92 Å². The summed E-state index contributed by atoms with van der Waals surface area (Å²) in [6.45, 7) is -8.88. The topological polar surface area (TPSA) is 937 Å². The molecule has 0 unspecified atom stereocenters. The average Bonchev–Trinajstić information content (AvgIpc) is 0.749. The number of aryl methyl sites for hydroxylation is 1. The van der Waals surface area contributed by atoms with Crippen LogP contribution in [0, 0.1) is 0 Å². The molecule has 4 aliphatic rings. The highest BCUT2D eigenvalue weighted by atomic mass is 32.3. The summed E-state index contributed by atoms with van der Waals surface area (Å²) in [5.41, 5.74) is 0.434. The molecule has 0 aromatic heterocycles. The van der Waals surface area contributed by atoms with Gasteiger partial charge in [0.1, 0.15) is 79.4 Å². The molecule has 0 bridgehead atoms. The van der Waals surface area contributed by atoms with E-state index in [-0.39, 0.29) is 5.56 Å². The van der Waals surface area contributed by atoms with Crippen LogP contribution in [0.5, 0.6) is 0 Å². The maximum atomic E-state index is 13.0. The van der Waals surface area contributed by atoms with Crippen molar-refractivity contribution in [3.8, 4) is 0 Å². The zero-order valence-electron chi connectivity index (χ0n) is 51.3. The van der Waals surface area contributed by atoms with Crippen molar-refractivity contribution in [3.63, 3.8) is 0 Å². The van der Waals surface area contributed by atoms with Crippen LogP contribution in [0.3, 0.4) is 0 Å². The van der Waals surface area contributed by atoms with Crippen molar-refractivity contribution < 1.29 is 261 Å². The molecular formula is C35H43O60S13-13. The van der Waals surface area contributed by atoms with Gasteiger partial charge >= 0.3 is 0 Å². The van der Waals surface area contributed by atoms with E-state index in [0.717, 1.165) is 0 Å². The summed E-state index contributed by atoms with van der Waals surface area (Å²) in [5, 5.41) is 0. The van der Waals surface area contributed by atoms with Gasteiger partial charge in [-0.1, -0.05) is 37.6 Å². The fourth-order valence-electron chi connectivity index (χ4n) is 9.61. The van der Waals surface area contributed by atoms with Crippen LogP contribution in [-0.4, -0.2) is 318 Å². The van der Waals surface area contributed by atoms with Gasteiger partial charge in [-0.05, 0) is 24.0 Å². The smallest absolute Gasteiger partial charge is 0.218 e. The van der Waals surface area contributed by atoms with E-state index in [4.69, 9.17) is 37.9 Å². The molecule has 634 valence electrons. The number of hydrogen-bond acceptors (Lipinski definition) is 60. The number of rotatable bonds is 42. The summed E-state index contributed by atoms with van der Waals surface area (Å²) in [6, 6.07) is 5.15. The Hall–Kier alpha value is -2.79. The van der Waals surface area contributed by atoms with Crippen molar-refractivity contribution in [1.29, 1.82) is 0 Å². The lowest BCUT2D eigenvalue weighted by Gasteiger charge is -2.52. The molecule has 1 aromatic carbocycles. The van der Waals surface area contributed by atoms with Crippen molar-refractivity contribution in [3.05, 3.63) is 35.4 Å². The first-order chi connectivity index (χ1) is 48.5. The minimum Gasteiger partial charge on any atom is -0.726 e. The molecule has 60 nitrogen and oxygen atoms in total. The minimum absolute atomic E-state index is 0.130. The van der Waals surface area contributed by atoms with Gasteiger partial charge in [0.05, 0.1) is 33.0 Å². The zero-order valence-corrected chi connectivity index (χ0v) is 61.9. The molecule has 4 saturated heterocycles. The first-order valence-electron chi connectivity index (χ1n) is 27.0. The second kappa shape index (κ2) is 36.6. The molecule has 4 aliphatic heterocycles. The second-order valence-corrected chi connectivity index (χ2v) is 34.0. The number of unbranched alkanes of at least 4 members (excludes halogenated alkanes) is 1. The lowest BCUT2D eigenvalue weighted by atomic mass is 9.95. The highest BCUT2D eigenvalue weighted by Gasteiger charge is 2.62. The molecule has 20 atom stereocenters. The van der Waals surface area contributed by atoms with Gasteiger partial charge in [-0.2, -0.15) is 0 Å². The van der Waals surface area contributed by atoms with Gasteiger partial charge in [0.2, 0.25) is 135 Å². The predicted molar refractivity (Wildman–Crippen MR) is 293 cm³/mol. The molecule has 4 heterocycles. The zero-order chi connectivity index (χ0) is 82.5. The summed E-state index contributed by atoms with van der Waals surface area (Å²) in [6.07, 6.45) is -74.1. The van der Waals surface area contributed by atoms with Gasteiger partial charge in [0.25, 0.3) is 0 Å². The molecule has 0 aliphatic carbocycles. The Morgan fingerprint density at radius 1 is 0.269 bits per heavy atom. The van der Waals surface area contributed by atoms with E-state index >= 15 is 0 Å². The number of benzene rings is 1. The summed E-state index contributed by atoms with van der Waals surface area (Å²) in [7, 11) is -88.0. The van der Waals surface area contributed by atoms with Crippen molar-refractivity contribution in [2.45, 2.75) is 156 Å². The number of ether oxygens (including phenoxy) is 8. The fourth-order valence-corrected chi connectivity index (χ4v) is 15.2. The lowest BCUT2D eigenvalue weighted by molar-refractivity contribution is -0.384. The SMILES string of the molecule is CCCCc1ccc(CO[C@H]2O[C@H](COS(=O)(=O)[O-])[C@@H](OS(=O)(=O)[O-])[C@H](OS(=O)(=O)[O-])[C@@H]2O[C@H]2O[C@H](COS(=O)(=O)[O-])[C@@H](OS(=O)(=O)[O-])[C@H](O[C@H]3O[C@H](COS(=O)(=O)[O-])[C@@H](OS(=O)(=O)[O-])[C@H](O[C@H]4O[C@H](COS(=O)(=O)[O-])[C@@H](OS(=O)(=O)[O-])[C@H](OS(=O)(=O)[O-])[C@@H]4OS(=O)(=O)[O-])[C@@H]3OS(=O)(=O)[O-])[C@@H]2OS(=O)(=O)[O-])cc1. The molecule has 4 fully saturated rings. The summed E-state index contributed by atoms with van der Waals surface area (Å²) in [5.74, 6) is 0. The van der Waals surface area contributed by atoms with E-state index in [0.29, 0.717) is 24.8 Å². The monoisotopic (exact) mass is 1840 g/mol. The largest absolute Gasteiger partial charge is 0.726 e. The van der Waals surface area contributed by atoms with E-state index in [1.165, 1.54) is 24.3 Å². The summed E-state index contributed by atoms with van der Waals surface area (Å²) >= 11 is 0. The van der Waals surface area contributed by atoms with Crippen molar-refractivity contribution in [2.24, 2.45) is 0 Å². The fraction of sp³-hybridized carbons (Fsp3) is 0.829. The molecule has 0 radical (unpaired) electrons. The van der Waals surface area contributed by atoms with Crippen LogP contribution < -0.4 is 0 Å². The van der Waals surface area contributed by atoms with Crippen LogP contribution in [0.25, 0.3) is 0 Å². The van der Waals surface area contributed by atoms with E-state index < -0.39 is 291 Å². The first kappa shape index (κ1) is 95.8. The van der Waals surface area contributed by atoms with Crippen LogP contribution in [-0.2, 0) is 240 Å². The normalized spacial score (nSPS) is 30.9. The summed E-state index contributed by atoms with van der Waals surface area (Å²) < 4.78 is 576. The quantitative estimate of drug-likeness (QED) is 0.0433. The molecule has 73 heteroatoms. The molecule has 0 amide bonds. The van der Waals surface area contributed by atoms with Gasteiger partial charge in [-0.15, -0.1) is 0 Å². The highest BCUT2D eigenvalue weighted by Crippen LogP contribution is 2.42. The van der Waals surface area contributed by atoms with Crippen LogP contribution in [0.1, 0.15) is 30.9 Å². The Morgan fingerprint density at radius 2 is 0.481 bits per heavy atom. The van der Waals surface area contributed by atoms with E-state index in [9.17, 15) is 169 Å². The molecule has 108 heavy (non-hydrogen) atoms. The number of hydrogen-bond donors (Lipinski definition) is 0. The average molecular weight is 1840 g/mol. The summed E-state index contributed by atoms with van der Waals surface area (Å²) in [4.78, 5) is 0. The molecule has 1 aromatic rings. The Labute approximate surface area is 609 Å². The molecular weight excluding hydrogens is 1800 g/mol. The van der Waals surface area contributed by atoms with Crippen molar-refractivity contribution >= 4 is 135 Å². The van der Waals surface area contributed by atoms with E-state index in [2.05, 4.69) is 54.4 Å². The Morgan fingerprint density at radius 3 is 0.741 bits per heavy atom. The third kappa shape index (κ3) is 34.3. The van der Waals surface area contributed by atoms with E-state index in [1.807, 2.05) is 0 Å². The Kier molecular flexibility index (Phi) is 32.4. The van der Waals surface area contributed by atoms with Crippen molar-refractivity contribution in [1.82, 2.24) is 0 Å². The molecule has 0 spiro atoms. The maximum Gasteiger partial charge on any atom is 0.218 e. The van der Waals surface area contributed by atoms with Gasteiger partial charge in [-0.3, -0.25) is 54.4 Å².